The summed E-state index contributed by atoms with van der Waals surface area (Å²) in [6.45, 7) is 4.48. The van der Waals surface area contributed by atoms with E-state index in [1.54, 1.807) is 0 Å². The van der Waals surface area contributed by atoms with Crippen molar-refractivity contribution in [1.29, 1.82) is 0 Å². The molecule has 1 aromatic rings. The zero-order valence-corrected chi connectivity index (χ0v) is 16.8. The number of rotatable bonds is 3. The summed E-state index contributed by atoms with van der Waals surface area (Å²) in [6.07, 6.45) is 5.43. The number of anilines is 1. The van der Waals surface area contributed by atoms with Crippen LogP contribution in [0.5, 0.6) is 0 Å². The number of likely N-dealkylation sites (tertiary alicyclic amines) is 1. The van der Waals surface area contributed by atoms with Crippen LogP contribution in [0, 0.1) is 5.41 Å². The van der Waals surface area contributed by atoms with Crippen molar-refractivity contribution in [3.05, 3.63) is 29.8 Å². The molecule has 1 aliphatic carbocycles. The Labute approximate surface area is 161 Å². The number of amides is 1. The number of nitrogens with zero attached hydrogens (tertiary/aromatic N) is 2. The second kappa shape index (κ2) is 8.18. The largest absolute Gasteiger partial charge is 0.352 e. The quantitative estimate of drug-likeness (QED) is 0.430. The maximum atomic E-state index is 11.2. The van der Waals surface area contributed by atoms with E-state index < -0.39 is 0 Å². The lowest BCUT2D eigenvalue weighted by molar-refractivity contribution is -0.114. The van der Waals surface area contributed by atoms with Crippen LogP contribution in [-0.2, 0) is 11.3 Å². The number of hydrogen-bond acceptors (Lipinski definition) is 2. The van der Waals surface area contributed by atoms with Crippen molar-refractivity contribution in [3.8, 4) is 0 Å². The van der Waals surface area contributed by atoms with E-state index in [9.17, 15) is 4.79 Å². The molecule has 0 aromatic heterocycles. The minimum Gasteiger partial charge on any atom is -0.352 e. The Morgan fingerprint density at radius 1 is 1.33 bits per heavy atom. The van der Waals surface area contributed by atoms with Crippen molar-refractivity contribution in [2.24, 2.45) is 10.4 Å². The Bertz CT molecular complexity index is 613. The van der Waals surface area contributed by atoms with Crippen molar-refractivity contribution < 1.29 is 4.79 Å². The molecule has 1 aliphatic heterocycles. The minimum atomic E-state index is -0.0474. The topological polar surface area (TPSA) is 56.7 Å². The molecule has 24 heavy (non-hydrogen) atoms. The molecule has 1 aromatic carbocycles. The molecule has 3 rings (SSSR count). The smallest absolute Gasteiger partial charge is 0.221 e. The molecule has 1 heterocycles. The second-order valence-electron chi connectivity index (χ2n) is 6.81. The molecular weight excluding hydrogens is 415 g/mol. The molecule has 0 bridgehead atoms. The molecular formula is C18H27IN4O. The number of guanidine groups is 1. The molecule has 5 nitrogen and oxygen atoms in total. The molecule has 0 unspecified atom stereocenters. The van der Waals surface area contributed by atoms with Crippen molar-refractivity contribution in [2.75, 3.05) is 25.5 Å². The summed E-state index contributed by atoms with van der Waals surface area (Å²) < 4.78 is 0. The van der Waals surface area contributed by atoms with Gasteiger partial charge in [0.25, 0.3) is 0 Å². The molecule has 132 valence electrons. The van der Waals surface area contributed by atoms with E-state index in [-0.39, 0.29) is 29.9 Å². The van der Waals surface area contributed by atoms with E-state index in [2.05, 4.69) is 26.6 Å². The van der Waals surface area contributed by atoms with Crippen LogP contribution in [0.3, 0.4) is 0 Å². The molecule has 1 amide bonds. The van der Waals surface area contributed by atoms with Gasteiger partial charge in [-0.05, 0) is 42.4 Å². The van der Waals surface area contributed by atoms with Gasteiger partial charge in [0.2, 0.25) is 5.91 Å². The van der Waals surface area contributed by atoms with Crippen LogP contribution in [0.2, 0.25) is 0 Å². The summed E-state index contributed by atoms with van der Waals surface area (Å²) in [5.41, 5.74) is 2.54. The summed E-state index contributed by atoms with van der Waals surface area (Å²) in [6, 6.07) is 7.92. The highest BCUT2D eigenvalue weighted by Crippen LogP contribution is 2.47. The maximum absolute atomic E-state index is 11.2. The fraction of sp³-hybridized carbons (Fsp3) is 0.556. The zero-order chi connectivity index (χ0) is 16.3. The standard InChI is InChI=1S/C18H26N4O.HI/c1-14(23)21-16-6-3-5-15(11-16)12-20-17(19-2)22-10-9-18(13-22)7-4-8-18;/h3,5-6,11H,4,7-10,12-13H2,1-2H3,(H,19,20)(H,21,23);1H. The van der Waals surface area contributed by atoms with Gasteiger partial charge in [0, 0.05) is 39.3 Å². The third kappa shape index (κ3) is 4.40. The predicted molar refractivity (Wildman–Crippen MR) is 109 cm³/mol. The van der Waals surface area contributed by atoms with Crippen LogP contribution in [-0.4, -0.2) is 36.9 Å². The predicted octanol–water partition coefficient (Wildman–Crippen LogP) is 3.21. The first-order chi connectivity index (χ1) is 11.1. The molecule has 1 spiro atoms. The minimum absolute atomic E-state index is 0. The highest BCUT2D eigenvalue weighted by Gasteiger charge is 2.43. The van der Waals surface area contributed by atoms with Crippen LogP contribution in [0.1, 0.15) is 38.2 Å². The average molecular weight is 442 g/mol. The van der Waals surface area contributed by atoms with Crippen LogP contribution >= 0.6 is 24.0 Å². The molecule has 1 saturated carbocycles. The van der Waals surface area contributed by atoms with E-state index in [0.29, 0.717) is 12.0 Å². The number of halogens is 1. The van der Waals surface area contributed by atoms with Gasteiger partial charge in [-0.1, -0.05) is 18.6 Å². The molecule has 1 saturated heterocycles. The van der Waals surface area contributed by atoms with Crippen LogP contribution in [0.4, 0.5) is 5.69 Å². The van der Waals surface area contributed by atoms with Crippen LogP contribution in [0.25, 0.3) is 0 Å². The van der Waals surface area contributed by atoms with Gasteiger partial charge in [-0.25, -0.2) is 0 Å². The highest BCUT2D eigenvalue weighted by atomic mass is 127. The number of carbonyl (C=O) groups is 1. The van der Waals surface area contributed by atoms with Crippen molar-refractivity contribution in [2.45, 2.75) is 39.2 Å². The average Bonchev–Trinajstić information content (AvgIpc) is 2.93. The van der Waals surface area contributed by atoms with Gasteiger partial charge in [0.1, 0.15) is 0 Å². The van der Waals surface area contributed by atoms with Crippen molar-refractivity contribution in [3.63, 3.8) is 0 Å². The number of carbonyl (C=O) groups excluding carboxylic acids is 1. The maximum Gasteiger partial charge on any atom is 0.221 e. The lowest BCUT2D eigenvalue weighted by Gasteiger charge is -2.38. The molecule has 2 aliphatic rings. The van der Waals surface area contributed by atoms with Crippen molar-refractivity contribution >= 4 is 41.5 Å². The number of hydrogen-bond donors (Lipinski definition) is 2. The van der Waals surface area contributed by atoms with Gasteiger partial charge in [0.15, 0.2) is 5.96 Å². The van der Waals surface area contributed by atoms with Crippen LogP contribution < -0.4 is 10.6 Å². The van der Waals surface area contributed by atoms with E-state index >= 15 is 0 Å². The molecule has 0 radical (unpaired) electrons. The van der Waals surface area contributed by atoms with E-state index in [0.717, 1.165) is 30.3 Å². The highest BCUT2D eigenvalue weighted by molar-refractivity contribution is 14.0. The fourth-order valence-corrected chi connectivity index (χ4v) is 3.68. The first-order valence-electron chi connectivity index (χ1n) is 8.42. The van der Waals surface area contributed by atoms with Gasteiger partial charge in [-0.3, -0.25) is 9.79 Å². The summed E-state index contributed by atoms with van der Waals surface area (Å²) in [5, 5.41) is 6.28. The SMILES string of the molecule is CN=C(NCc1cccc(NC(C)=O)c1)N1CCC2(CCC2)C1.I. The zero-order valence-electron chi connectivity index (χ0n) is 14.5. The number of benzene rings is 1. The second-order valence-corrected chi connectivity index (χ2v) is 6.81. The van der Waals surface area contributed by atoms with E-state index in [1.807, 2.05) is 25.2 Å². The Balaban J connectivity index is 0.00000208. The molecule has 6 heteroatoms. The lowest BCUT2D eigenvalue weighted by Crippen LogP contribution is -2.42. The van der Waals surface area contributed by atoms with Gasteiger partial charge in [-0.15, -0.1) is 24.0 Å². The monoisotopic (exact) mass is 442 g/mol. The van der Waals surface area contributed by atoms with E-state index in [1.165, 1.54) is 32.6 Å². The molecule has 0 atom stereocenters. The lowest BCUT2D eigenvalue weighted by atomic mass is 9.68. The first-order valence-corrected chi connectivity index (χ1v) is 8.42. The van der Waals surface area contributed by atoms with Crippen molar-refractivity contribution in [1.82, 2.24) is 10.2 Å². The van der Waals surface area contributed by atoms with Crippen LogP contribution in [0.15, 0.2) is 29.3 Å². The normalized spacial score (nSPS) is 18.8. The Hall–Kier alpha value is -1.31. The number of aliphatic imine (C=N–C) groups is 1. The number of nitrogens with one attached hydrogen (secondary N) is 2. The Kier molecular flexibility index (Phi) is 6.48. The van der Waals surface area contributed by atoms with Gasteiger partial charge in [0.05, 0.1) is 0 Å². The van der Waals surface area contributed by atoms with E-state index in [4.69, 9.17) is 0 Å². The molecule has 2 fully saturated rings. The summed E-state index contributed by atoms with van der Waals surface area (Å²) in [5.74, 6) is 0.937. The summed E-state index contributed by atoms with van der Waals surface area (Å²) in [4.78, 5) is 18.0. The first kappa shape index (κ1) is 19.0. The third-order valence-electron chi connectivity index (χ3n) is 5.06. The van der Waals surface area contributed by atoms with Gasteiger partial charge in [-0.2, -0.15) is 0 Å². The summed E-state index contributed by atoms with van der Waals surface area (Å²) in [7, 11) is 1.85. The fourth-order valence-electron chi connectivity index (χ4n) is 3.68. The Morgan fingerprint density at radius 3 is 2.71 bits per heavy atom. The summed E-state index contributed by atoms with van der Waals surface area (Å²) >= 11 is 0. The molecule has 2 N–H and O–H groups in total. The van der Waals surface area contributed by atoms with Gasteiger partial charge >= 0.3 is 0 Å². The van der Waals surface area contributed by atoms with Gasteiger partial charge < -0.3 is 15.5 Å². The third-order valence-corrected chi connectivity index (χ3v) is 5.06. The Morgan fingerprint density at radius 2 is 2.12 bits per heavy atom.